The largest absolute Gasteiger partial charge is 0.345 e. The number of nitrogens with zero attached hydrogens (tertiary/aromatic N) is 1. The van der Waals surface area contributed by atoms with Gasteiger partial charge in [0.15, 0.2) is 0 Å². The summed E-state index contributed by atoms with van der Waals surface area (Å²) in [4.78, 5) is 0. The summed E-state index contributed by atoms with van der Waals surface area (Å²) in [6, 6.07) is 6.13. The minimum absolute atomic E-state index is 0.476. The third kappa shape index (κ3) is 1.15. The highest BCUT2D eigenvalue weighted by molar-refractivity contribution is 6.36. The number of rotatable bonds is 1. The lowest BCUT2D eigenvalue weighted by atomic mass is 10.2. The number of halogens is 1. The molecule has 0 bridgehead atoms. The van der Waals surface area contributed by atoms with Gasteiger partial charge in [0.2, 0.25) is 0 Å². The van der Waals surface area contributed by atoms with Crippen molar-refractivity contribution in [2.24, 2.45) is 12.8 Å². The molecule has 0 aliphatic heterocycles. The van der Waals surface area contributed by atoms with E-state index in [-0.39, 0.29) is 0 Å². The number of para-hydroxylation sites is 1. The summed E-state index contributed by atoms with van der Waals surface area (Å²) in [5.41, 5.74) is 9.06. The fourth-order valence-electron chi connectivity index (χ4n) is 1.95. The van der Waals surface area contributed by atoms with Crippen LogP contribution in [0.5, 0.6) is 0 Å². The number of aromatic nitrogens is 1. The van der Waals surface area contributed by atoms with Crippen LogP contribution in [0.25, 0.3) is 10.9 Å². The molecule has 14 heavy (non-hydrogen) atoms. The van der Waals surface area contributed by atoms with Crippen LogP contribution in [0.3, 0.4) is 0 Å². The maximum Gasteiger partial charge on any atom is 0.0707 e. The van der Waals surface area contributed by atoms with Crippen LogP contribution < -0.4 is 5.73 Å². The molecule has 0 unspecified atom stereocenters. The Labute approximate surface area is 88.3 Å². The Morgan fingerprint density at radius 1 is 1.43 bits per heavy atom. The molecule has 0 amide bonds. The molecule has 1 aromatic carbocycles. The van der Waals surface area contributed by atoms with Crippen LogP contribution in [0.1, 0.15) is 11.3 Å². The Morgan fingerprint density at radius 2 is 2.14 bits per heavy atom. The van der Waals surface area contributed by atoms with Crippen molar-refractivity contribution in [3.8, 4) is 0 Å². The summed E-state index contributed by atoms with van der Waals surface area (Å²) in [6.07, 6.45) is 0. The molecule has 0 saturated carbocycles. The fourth-order valence-corrected chi connectivity index (χ4v) is 2.30. The number of hydrogen-bond donors (Lipinski definition) is 1. The molecule has 0 spiro atoms. The van der Waals surface area contributed by atoms with Crippen LogP contribution in [-0.2, 0) is 13.6 Å². The molecule has 0 radical (unpaired) electrons. The molecule has 74 valence electrons. The van der Waals surface area contributed by atoms with Gasteiger partial charge in [0.05, 0.1) is 16.2 Å². The molecule has 2 nitrogen and oxygen atoms in total. The fraction of sp³-hybridized carbons (Fsp3) is 0.273. The van der Waals surface area contributed by atoms with E-state index in [4.69, 9.17) is 17.3 Å². The smallest absolute Gasteiger partial charge is 0.0707 e. The lowest BCUT2D eigenvalue weighted by Gasteiger charge is -2.02. The first-order chi connectivity index (χ1) is 6.66. The summed E-state index contributed by atoms with van der Waals surface area (Å²) in [6.45, 7) is 2.56. The zero-order valence-electron chi connectivity index (χ0n) is 8.34. The minimum atomic E-state index is 0.476. The van der Waals surface area contributed by atoms with Crippen molar-refractivity contribution >= 4 is 22.5 Å². The van der Waals surface area contributed by atoms with Crippen molar-refractivity contribution < 1.29 is 0 Å². The van der Waals surface area contributed by atoms with Gasteiger partial charge in [-0.05, 0) is 12.5 Å². The van der Waals surface area contributed by atoms with Crippen LogP contribution in [0, 0.1) is 6.92 Å². The second-order valence-corrected chi connectivity index (χ2v) is 3.87. The molecule has 1 heterocycles. The van der Waals surface area contributed by atoms with Gasteiger partial charge in [0.1, 0.15) is 0 Å². The van der Waals surface area contributed by atoms with Crippen LogP contribution in [0.15, 0.2) is 18.2 Å². The highest BCUT2D eigenvalue weighted by Gasteiger charge is 2.12. The van der Waals surface area contributed by atoms with Gasteiger partial charge in [-0.2, -0.15) is 0 Å². The molecule has 1 aromatic heterocycles. The van der Waals surface area contributed by atoms with Gasteiger partial charge in [-0.25, -0.2) is 0 Å². The molecule has 0 saturated heterocycles. The van der Waals surface area contributed by atoms with E-state index in [1.54, 1.807) is 0 Å². The van der Waals surface area contributed by atoms with Crippen molar-refractivity contribution in [1.29, 1.82) is 0 Å². The Hall–Kier alpha value is -0.990. The third-order valence-electron chi connectivity index (χ3n) is 2.66. The Morgan fingerprint density at radius 3 is 2.71 bits per heavy atom. The number of hydrogen-bond acceptors (Lipinski definition) is 1. The van der Waals surface area contributed by atoms with E-state index < -0.39 is 0 Å². The molecule has 2 aromatic rings. The van der Waals surface area contributed by atoms with E-state index in [0.717, 1.165) is 16.1 Å². The molecule has 0 aliphatic carbocycles. The normalized spacial score (nSPS) is 11.1. The molecule has 0 atom stereocenters. The van der Waals surface area contributed by atoms with Crippen LogP contribution in [0.4, 0.5) is 0 Å². The van der Waals surface area contributed by atoms with Gasteiger partial charge in [-0.3, -0.25) is 0 Å². The average Bonchev–Trinajstić information content (AvgIpc) is 2.41. The van der Waals surface area contributed by atoms with Crippen molar-refractivity contribution in [2.75, 3.05) is 0 Å². The number of nitrogens with two attached hydrogens (primary N) is 1. The van der Waals surface area contributed by atoms with E-state index >= 15 is 0 Å². The van der Waals surface area contributed by atoms with Crippen LogP contribution in [0.2, 0.25) is 5.02 Å². The van der Waals surface area contributed by atoms with Gasteiger partial charge >= 0.3 is 0 Å². The molecule has 0 aliphatic rings. The summed E-state index contributed by atoms with van der Waals surface area (Å²) < 4.78 is 2.08. The van der Waals surface area contributed by atoms with Crippen molar-refractivity contribution in [1.82, 2.24) is 4.57 Å². The van der Waals surface area contributed by atoms with Crippen LogP contribution >= 0.6 is 11.6 Å². The molecule has 2 rings (SSSR count). The number of fused-ring (bicyclic) bond motifs is 1. The monoisotopic (exact) mass is 208 g/mol. The molecular weight excluding hydrogens is 196 g/mol. The number of benzene rings is 1. The highest BCUT2D eigenvalue weighted by Crippen LogP contribution is 2.31. The van der Waals surface area contributed by atoms with E-state index in [1.165, 1.54) is 11.1 Å². The predicted molar refractivity (Wildman–Crippen MR) is 60.6 cm³/mol. The van der Waals surface area contributed by atoms with E-state index in [2.05, 4.69) is 17.6 Å². The Bertz CT molecular complexity index is 485. The van der Waals surface area contributed by atoms with Crippen molar-refractivity contribution in [2.45, 2.75) is 13.5 Å². The Kier molecular flexibility index (Phi) is 2.25. The predicted octanol–water partition coefficient (Wildman–Crippen LogP) is 2.60. The minimum Gasteiger partial charge on any atom is -0.345 e. The Balaban J connectivity index is 2.94. The lowest BCUT2D eigenvalue weighted by molar-refractivity contribution is 0.847. The second kappa shape index (κ2) is 3.30. The lowest BCUT2D eigenvalue weighted by Crippen LogP contribution is -2.03. The third-order valence-corrected chi connectivity index (χ3v) is 3.08. The first-order valence-electron chi connectivity index (χ1n) is 4.59. The van der Waals surface area contributed by atoms with Gasteiger partial charge < -0.3 is 10.3 Å². The first-order valence-corrected chi connectivity index (χ1v) is 4.97. The van der Waals surface area contributed by atoms with E-state index in [0.29, 0.717) is 6.54 Å². The van der Waals surface area contributed by atoms with Gasteiger partial charge in [-0.1, -0.05) is 29.8 Å². The maximum atomic E-state index is 6.23. The highest BCUT2D eigenvalue weighted by atomic mass is 35.5. The maximum absolute atomic E-state index is 6.23. The standard InChI is InChI=1S/C11H13ClN2/c1-7-4-3-5-8-10(12)9(6-13)14(2)11(7)8/h3-5H,6,13H2,1-2H3. The summed E-state index contributed by atoms with van der Waals surface area (Å²) in [7, 11) is 2.00. The molecule has 2 N–H and O–H groups in total. The van der Waals surface area contributed by atoms with Crippen LogP contribution in [-0.4, -0.2) is 4.57 Å². The van der Waals surface area contributed by atoms with E-state index in [9.17, 15) is 0 Å². The van der Waals surface area contributed by atoms with Gasteiger partial charge in [0, 0.05) is 19.0 Å². The molecule has 3 heteroatoms. The van der Waals surface area contributed by atoms with Crippen molar-refractivity contribution in [3.63, 3.8) is 0 Å². The molecule has 0 fully saturated rings. The molecular formula is C11H13ClN2. The second-order valence-electron chi connectivity index (χ2n) is 3.49. The summed E-state index contributed by atoms with van der Waals surface area (Å²) in [5.74, 6) is 0. The van der Waals surface area contributed by atoms with Gasteiger partial charge in [0.25, 0.3) is 0 Å². The first kappa shape index (κ1) is 9.56. The zero-order chi connectivity index (χ0) is 10.3. The zero-order valence-corrected chi connectivity index (χ0v) is 9.10. The number of aryl methyl sites for hydroxylation is 2. The topological polar surface area (TPSA) is 30.9 Å². The quantitative estimate of drug-likeness (QED) is 0.768. The van der Waals surface area contributed by atoms with Crippen molar-refractivity contribution in [3.05, 3.63) is 34.5 Å². The SMILES string of the molecule is Cc1cccc2c(Cl)c(CN)n(C)c12. The summed E-state index contributed by atoms with van der Waals surface area (Å²) in [5, 5.41) is 1.88. The summed E-state index contributed by atoms with van der Waals surface area (Å²) >= 11 is 6.23. The van der Waals surface area contributed by atoms with E-state index in [1.807, 2.05) is 19.2 Å². The van der Waals surface area contributed by atoms with Gasteiger partial charge in [-0.15, -0.1) is 0 Å². The average molecular weight is 209 g/mol.